The molecule has 1 aliphatic rings. The van der Waals surface area contributed by atoms with Crippen molar-refractivity contribution < 1.29 is 14.6 Å². The maximum Gasteiger partial charge on any atom is 0.194 e. The van der Waals surface area contributed by atoms with E-state index in [1.54, 1.807) is 6.07 Å². The lowest BCUT2D eigenvalue weighted by Gasteiger charge is -2.22. The minimum atomic E-state index is 0.159. The average Bonchev–Trinajstić information content (AvgIpc) is 3.42. The number of aromatic hydroxyl groups is 1. The van der Waals surface area contributed by atoms with E-state index >= 15 is 0 Å². The number of hydrogen-bond acceptors (Lipinski definition) is 4. The summed E-state index contributed by atoms with van der Waals surface area (Å²) in [5.41, 5.74) is 0.995. The van der Waals surface area contributed by atoms with E-state index in [-0.39, 0.29) is 5.75 Å². The Morgan fingerprint density at radius 2 is 2.16 bits per heavy atom. The third kappa shape index (κ3) is 6.82. The molecule has 0 aliphatic heterocycles. The maximum absolute atomic E-state index is 9.78. The zero-order chi connectivity index (χ0) is 18.1. The number of nitrogens with one attached hydrogen (secondary N) is 1. The van der Waals surface area contributed by atoms with Crippen LogP contribution in [0.25, 0.3) is 0 Å². The van der Waals surface area contributed by atoms with Gasteiger partial charge in [0.2, 0.25) is 0 Å². The summed E-state index contributed by atoms with van der Waals surface area (Å²) in [6.07, 6.45) is 2.63. The quantitative estimate of drug-likeness (QED) is 0.386. The van der Waals surface area contributed by atoms with Gasteiger partial charge in [0.25, 0.3) is 0 Å². The van der Waals surface area contributed by atoms with Crippen molar-refractivity contribution in [3.63, 3.8) is 0 Å². The summed E-state index contributed by atoms with van der Waals surface area (Å²) in [5, 5.41) is 13.1. The van der Waals surface area contributed by atoms with Gasteiger partial charge < -0.3 is 24.8 Å². The number of aliphatic imine (C=N–C) groups is 1. The topological polar surface area (TPSA) is 66.3 Å². The number of benzene rings is 1. The molecule has 0 saturated heterocycles. The molecule has 2 N–H and O–H groups in total. The van der Waals surface area contributed by atoms with E-state index in [2.05, 4.69) is 22.1 Å². The van der Waals surface area contributed by atoms with Crippen molar-refractivity contribution in [2.75, 3.05) is 40.0 Å². The molecule has 0 unspecified atom stereocenters. The largest absolute Gasteiger partial charge is 0.504 e. The summed E-state index contributed by atoms with van der Waals surface area (Å²) in [6.45, 7) is 8.21. The molecule has 0 radical (unpaired) electrons. The fourth-order valence-corrected chi connectivity index (χ4v) is 2.41. The van der Waals surface area contributed by atoms with E-state index in [1.165, 1.54) is 12.8 Å². The standard InChI is InChI=1S/C19H31N3O3/c1-4-20-19(22(3)10-11-24-14-15-6-7-15)21-13-16-8-9-17(23)18(12-16)25-5-2/h8-9,12,15,23H,4-7,10-11,13-14H2,1-3H3,(H,20,21). The van der Waals surface area contributed by atoms with Gasteiger partial charge in [-0.05, 0) is 50.3 Å². The van der Waals surface area contributed by atoms with Gasteiger partial charge in [-0.15, -0.1) is 0 Å². The number of hydrogen-bond donors (Lipinski definition) is 2. The van der Waals surface area contributed by atoms with Gasteiger partial charge in [0.1, 0.15) is 0 Å². The lowest BCUT2D eigenvalue weighted by atomic mass is 10.2. The van der Waals surface area contributed by atoms with E-state index in [9.17, 15) is 5.11 Å². The van der Waals surface area contributed by atoms with Crippen molar-refractivity contribution >= 4 is 5.96 Å². The number of ether oxygens (including phenoxy) is 2. The van der Waals surface area contributed by atoms with Crippen molar-refractivity contribution in [3.05, 3.63) is 23.8 Å². The number of phenols is 1. The SMILES string of the molecule is CCNC(=NCc1ccc(O)c(OCC)c1)N(C)CCOCC1CC1. The Balaban J connectivity index is 1.89. The molecule has 1 fully saturated rings. The first-order valence-corrected chi connectivity index (χ1v) is 9.15. The highest BCUT2D eigenvalue weighted by molar-refractivity contribution is 5.79. The normalized spacial score (nSPS) is 14.4. The summed E-state index contributed by atoms with van der Waals surface area (Å²) < 4.78 is 11.1. The summed E-state index contributed by atoms with van der Waals surface area (Å²) >= 11 is 0. The van der Waals surface area contributed by atoms with Gasteiger partial charge in [-0.2, -0.15) is 0 Å². The second-order valence-corrected chi connectivity index (χ2v) is 6.35. The van der Waals surface area contributed by atoms with Gasteiger partial charge in [-0.3, -0.25) is 0 Å². The zero-order valence-corrected chi connectivity index (χ0v) is 15.6. The van der Waals surface area contributed by atoms with Gasteiger partial charge in [-0.25, -0.2) is 4.99 Å². The highest BCUT2D eigenvalue weighted by Crippen LogP contribution is 2.28. The lowest BCUT2D eigenvalue weighted by Crippen LogP contribution is -2.40. The molecule has 1 aromatic rings. The Morgan fingerprint density at radius 1 is 1.36 bits per heavy atom. The van der Waals surface area contributed by atoms with Crippen LogP contribution in [0.2, 0.25) is 0 Å². The highest BCUT2D eigenvalue weighted by Gasteiger charge is 2.21. The van der Waals surface area contributed by atoms with Crippen LogP contribution in [0.5, 0.6) is 11.5 Å². The van der Waals surface area contributed by atoms with Gasteiger partial charge in [0, 0.05) is 26.7 Å². The molecular formula is C19H31N3O3. The Morgan fingerprint density at radius 3 is 2.84 bits per heavy atom. The van der Waals surface area contributed by atoms with Crippen LogP contribution in [0.1, 0.15) is 32.3 Å². The molecule has 1 aliphatic carbocycles. The lowest BCUT2D eigenvalue weighted by molar-refractivity contribution is 0.115. The molecule has 1 aromatic carbocycles. The molecule has 2 rings (SSSR count). The number of nitrogens with zero attached hydrogens (tertiary/aromatic N) is 2. The molecule has 1 saturated carbocycles. The van der Waals surface area contributed by atoms with Crippen LogP contribution in [0, 0.1) is 5.92 Å². The van der Waals surface area contributed by atoms with Gasteiger partial charge in [-0.1, -0.05) is 6.07 Å². The minimum Gasteiger partial charge on any atom is -0.504 e. The van der Waals surface area contributed by atoms with Crippen LogP contribution in [0.15, 0.2) is 23.2 Å². The van der Waals surface area contributed by atoms with Crippen LogP contribution in [-0.4, -0.2) is 55.9 Å². The monoisotopic (exact) mass is 349 g/mol. The van der Waals surface area contributed by atoms with Gasteiger partial charge in [0.05, 0.1) is 19.8 Å². The molecule has 0 aromatic heterocycles. The summed E-state index contributed by atoms with van der Waals surface area (Å²) in [4.78, 5) is 6.76. The van der Waals surface area contributed by atoms with Crippen LogP contribution >= 0.6 is 0 Å². The minimum absolute atomic E-state index is 0.159. The van der Waals surface area contributed by atoms with E-state index in [0.29, 0.717) is 25.5 Å². The fourth-order valence-electron chi connectivity index (χ4n) is 2.41. The molecule has 25 heavy (non-hydrogen) atoms. The maximum atomic E-state index is 9.78. The van der Waals surface area contributed by atoms with E-state index in [1.807, 2.05) is 26.1 Å². The molecule has 0 heterocycles. The van der Waals surface area contributed by atoms with E-state index < -0.39 is 0 Å². The highest BCUT2D eigenvalue weighted by atomic mass is 16.5. The second kappa shape index (κ2) is 10.1. The Bertz CT molecular complexity index is 559. The number of likely N-dealkylation sites (N-methyl/N-ethyl adjacent to an activating group) is 1. The van der Waals surface area contributed by atoms with Crippen LogP contribution in [-0.2, 0) is 11.3 Å². The van der Waals surface area contributed by atoms with Crippen molar-refractivity contribution in [1.82, 2.24) is 10.2 Å². The number of rotatable bonds is 10. The van der Waals surface area contributed by atoms with Crippen LogP contribution in [0.3, 0.4) is 0 Å². The van der Waals surface area contributed by atoms with Crippen molar-refractivity contribution in [3.8, 4) is 11.5 Å². The Hall–Kier alpha value is -1.95. The fraction of sp³-hybridized carbons (Fsp3) is 0.632. The predicted molar refractivity (Wildman–Crippen MR) is 100 cm³/mol. The third-order valence-electron chi connectivity index (χ3n) is 4.05. The Kier molecular flexibility index (Phi) is 7.85. The van der Waals surface area contributed by atoms with Crippen LogP contribution < -0.4 is 10.1 Å². The summed E-state index contributed by atoms with van der Waals surface area (Å²) in [5.74, 6) is 2.30. The average molecular weight is 349 g/mol. The first-order chi connectivity index (χ1) is 12.1. The molecule has 0 bridgehead atoms. The molecule has 0 spiro atoms. The smallest absolute Gasteiger partial charge is 0.194 e. The molecule has 0 atom stereocenters. The van der Waals surface area contributed by atoms with Gasteiger partial charge in [0.15, 0.2) is 17.5 Å². The molecule has 6 nitrogen and oxygen atoms in total. The van der Waals surface area contributed by atoms with Crippen molar-refractivity contribution in [2.24, 2.45) is 10.9 Å². The van der Waals surface area contributed by atoms with E-state index in [0.717, 1.165) is 37.1 Å². The van der Waals surface area contributed by atoms with Crippen LogP contribution in [0.4, 0.5) is 0 Å². The van der Waals surface area contributed by atoms with Gasteiger partial charge >= 0.3 is 0 Å². The second-order valence-electron chi connectivity index (χ2n) is 6.35. The third-order valence-corrected chi connectivity index (χ3v) is 4.05. The number of phenolic OH excluding ortho intramolecular Hbond substituents is 1. The van der Waals surface area contributed by atoms with Crippen molar-refractivity contribution in [1.29, 1.82) is 0 Å². The number of guanidine groups is 1. The molecule has 140 valence electrons. The first-order valence-electron chi connectivity index (χ1n) is 9.15. The van der Waals surface area contributed by atoms with E-state index in [4.69, 9.17) is 9.47 Å². The molecule has 6 heteroatoms. The zero-order valence-electron chi connectivity index (χ0n) is 15.6. The summed E-state index contributed by atoms with van der Waals surface area (Å²) in [6, 6.07) is 5.35. The molecule has 0 amide bonds. The first kappa shape index (κ1) is 19.4. The predicted octanol–water partition coefficient (Wildman–Crippen LogP) is 2.61. The van der Waals surface area contributed by atoms with Crippen molar-refractivity contribution in [2.45, 2.75) is 33.2 Å². The molecular weight excluding hydrogens is 318 g/mol. The Labute approximate surface area is 150 Å². The summed E-state index contributed by atoms with van der Waals surface area (Å²) in [7, 11) is 2.02.